The van der Waals surface area contributed by atoms with Gasteiger partial charge in [-0.2, -0.15) is 0 Å². The lowest BCUT2D eigenvalue weighted by atomic mass is 10.2. The summed E-state index contributed by atoms with van der Waals surface area (Å²) >= 11 is 1.69. The summed E-state index contributed by atoms with van der Waals surface area (Å²) < 4.78 is 13.4. The average Bonchev–Trinajstić information content (AvgIpc) is 3.39. The highest BCUT2D eigenvalue weighted by atomic mass is 32.2. The smallest absolute Gasteiger partial charge is 0.226 e. The molecule has 2 aromatic carbocycles. The molecule has 0 N–H and O–H groups in total. The number of benzene rings is 2. The van der Waals surface area contributed by atoms with Gasteiger partial charge >= 0.3 is 0 Å². The lowest BCUT2D eigenvalue weighted by Crippen LogP contribution is -2.03. The minimum atomic E-state index is 0.565. The number of rotatable bonds is 7. The van der Waals surface area contributed by atoms with Crippen LogP contribution >= 0.6 is 11.8 Å². The van der Waals surface area contributed by atoms with Gasteiger partial charge in [-0.1, -0.05) is 42.1 Å². The minimum Gasteiger partial charge on any atom is -0.497 e. The van der Waals surface area contributed by atoms with Gasteiger partial charge in [0.05, 0.1) is 30.9 Å². The molecule has 0 bridgehead atoms. The molecule has 0 aliphatic carbocycles. The number of aryl methyl sites for hydroxylation is 1. The maximum atomic E-state index is 5.97. The molecule has 0 fully saturated rings. The molecule has 7 heteroatoms. The van der Waals surface area contributed by atoms with Gasteiger partial charge in [-0.25, -0.2) is 9.97 Å². The lowest BCUT2D eigenvalue weighted by Gasteiger charge is -2.08. The quantitative estimate of drug-likeness (QED) is 0.299. The Bertz CT molecular complexity index is 1340. The van der Waals surface area contributed by atoms with E-state index in [9.17, 15) is 0 Å². The van der Waals surface area contributed by atoms with Crippen LogP contribution in [0.15, 0.2) is 82.6 Å². The van der Waals surface area contributed by atoms with Gasteiger partial charge in [0.15, 0.2) is 5.16 Å². The van der Waals surface area contributed by atoms with E-state index in [1.807, 2.05) is 61.7 Å². The van der Waals surface area contributed by atoms with Crippen LogP contribution in [0.25, 0.3) is 22.5 Å². The number of fused-ring (bicyclic) bond motifs is 1. The van der Waals surface area contributed by atoms with Crippen LogP contribution in [0, 0.1) is 6.92 Å². The average molecular weight is 443 g/mol. The van der Waals surface area contributed by atoms with Crippen LogP contribution in [-0.2, 0) is 12.3 Å². The highest BCUT2D eigenvalue weighted by Crippen LogP contribution is 2.29. The minimum absolute atomic E-state index is 0.565. The molecule has 0 atom stereocenters. The van der Waals surface area contributed by atoms with Crippen molar-refractivity contribution in [2.24, 2.45) is 0 Å². The van der Waals surface area contributed by atoms with E-state index in [-0.39, 0.29) is 0 Å². The monoisotopic (exact) mass is 442 g/mol. The second kappa shape index (κ2) is 8.88. The summed E-state index contributed by atoms with van der Waals surface area (Å²) in [5, 5.41) is 0.924. The maximum Gasteiger partial charge on any atom is 0.226 e. The number of ether oxygens (including phenoxy) is 1. The molecule has 3 heterocycles. The summed E-state index contributed by atoms with van der Waals surface area (Å²) in [5.41, 5.74) is 4.96. The first-order valence-corrected chi connectivity index (χ1v) is 11.3. The summed E-state index contributed by atoms with van der Waals surface area (Å²) in [5.74, 6) is 3.09. The number of aromatic nitrogens is 4. The van der Waals surface area contributed by atoms with E-state index < -0.39 is 0 Å². The van der Waals surface area contributed by atoms with E-state index in [0.717, 1.165) is 44.7 Å². The van der Waals surface area contributed by atoms with Gasteiger partial charge < -0.3 is 13.7 Å². The molecular weight excluding hydrogens is 420 g/mol. The lowest BCUT2D eigenvalue weighted by molar-refractivity contribution is 0.414. The fourth-order valence-electron chi connectivity index (χ4n) is 3.51. The number of nitrogens with zero attached hydrogens (tertiary/aromatic N) is 4. The first-order chi connectivity index (χ1) is 15.7. The van der Waals surface area contributed by atoms with Crippen molar-refractivity contribution in [2.45, 2.75) is 24.4 Å². The molecule has 3 aromatic heterocycles. The molecule has 0 aliphatic rings. The molecule has 160 valence electrons. The molecule has 0 aliphatic heterocycles. The van der Waals surface area contributed by atoms with Gasteiger partial charge in [0, 0.05) is 17.5 Å². The second-order valence-corrected chi connectivity index (χ2v) is 8.31. The van der Waals surface area contributed by atoms with Crippen LogP contribution in [0.4, 0.5) is 0 Å². The Morgan fingerprint density at radius 1 is 1.00 bits per heavy atom. The Balaban J connectivity index is 1.45. The van der Waals surface area contributed by atoms with Crippen LogP contribution in [0.5, 0.6) is 5.75 Å². The Kier molecular flexibility index (Phi) is 5.64. The van der Waals surface area contributed by atoms with Gasteiger partial charge in [0.2, 0.25) is 5.89 Å². The van der Waals surface area contributed by atoms with Crippen LogP contribution in [0.2, 0.25) is 0 Å². The maximum absolute atomic E-state index is 5.97. The first kappa shape index (κ1) is 20.3. The highest BCUT2D eigenvalue weighted by molar-refractivity contribution is 7.98. The highest BCUT2D eigenvalue weighted by Gasteiger charge is 2.17. The third kappa shape index (κ3) is 4.11. The van der Waals surface area contributed by atoms with Gasteiger partial charge in [0.1, 0.15) is 17.2 Å². The summed E-state index contributed by atoms with van der Waals surface area (Å²) in [6, 6.07) is 20.0. The number of imidazole rings is 1. The van der Waals surface area contributed by atoms with E-state index in [1.54, 1.807) is 25.1 Å². The molecular formula is C25H22N4O2S. The van der Waals surface area contributed by atoms with Crippen molar-refractivity contribution in [1.29, 1.82) is 0 Å². The van der Waals surface area contributed by atoms with Crippen LogP contribution in [0.3, 0.4) is 0 Å². The fraction of sp³-hybridized carbons (Fsp3) is 0.160. The van der Waals surface area contributed by atoms with Crippen LogP contribution in [0.1, 0.15) is 17.0 Å². The Morgan fingerprint density at radius 2 is 1.81 bits per heavy atom. The molecule has 5 rings (SSSR count). The van der Waals surface area contributed by atoms with Gasteiger partial charge in [0.25, 0.3) is 0 Å². The van der Waals surface area contributed by atoms with Crippen molar-refractivity contribution < 1.29 is 9.15 Å². The van der Waals surface area contributed by atoms with Crippen molar-refractivity contribution in [3.05, 3.63) is 90.1 Å². The molecule has 0 spiro atoms. The third-order valence-corrected chi connectivity index (χ3v) is 6.31. The number of thioether (sulfide) groups is 1. The van der Waals surface area contributed by atoms with Crippen molar-refractivity contribution in [3.8, 4) is 17.2 Å². The topological polar surface area (TPSA) is 66.0 Å². The van der Waals surface area contributed by atoms with Crippen molar-refractivity contribution in [3.63, 3.8) is 0 Å². The zero-order valence-corrected chi connectivity index (χ0v) is 18.7. The first-order valence-electron chi connectivity index (χ1n) is 10.3. The van der Waals surface area contributed by atoms with Crippen molar-refractivity contribution in [2.75, 3.05) is 7.11 Å². The zero-order valence-electron chi connectivity index (χ0n) is 17.9. The third-order valence-electron chi connectivity index (χ3n) is 5.26. The fourth-order valence-corrected chi connectivity index (χ4v) is 4.48. The number of hydrogen-bond donors (Lipinski definition) is 0. The Labute approximate surface area is 190 Å². The van der Waals surface area contributed by atoms with E-state index in [2.05, 4.69) is 21.7 Å². The predicted molar refractivity (Wildman–Crippen MR) is 126 cm³/mol. The van der Waals surface area contributed by atoms with E-state index in [1.165, 1.54) is 5.56 Å². The molecule has 0 saturated heterocycles. The molecule has 5 aromatic rings. The summed E-state index contributed by atoms with van der Waals surface area (Å²) in [4.78, 5) is 13.9. The predicted octanol–water partition coefficient (Wildman–Crippen LogP) is 5.74. The molecule has 0 amide bonds. The number of pyridine rings is 1. The second-order valence-electron chi connectivity index (χ2n) is 7.37. The normalized spacial score (nSPS) is 11.2. The van der Waals surface area contributed by atoms with E-state index in [0.29, 0.717) is 12.4 Å². The molecule has 0 unspecified atom stereocenters. The molecule has 0 saturated carbocycles. The van der Waals surface area contributed by atoms with Crippen LogP contribution in [-0.4, -0.2) is 26.6 Å². The molecule has 6 nitrogen and oxygen atoms in total. The summed E-state index contributed by atoms with van der Waals surface area (Å²) in [6.45, 7) is 2.52. The standard InChI is InChI=1S/C25H22N4O2S/c1-17-22(27-24(31-17)19-6-4-3-5-7-19)15-29-23-14-26-13-12-21(23)28-25(29)32-16-18-8-10-20(30-2)11-9-18/h3-14H,15-16H2,1-2H3. The Hall–Kier alpha value is -3.58. The van der Waals surface area contributed by atoms with Gasteiger partial charge in [-0.15, -0.1) is 0 Å². The Morgan fingerprint density at radius 3 is 2.59 bits per heavy atom. The van der Waals surface area contributed by atoms with E-state index >= 15 is 0 Å². The number of hydrogen-bond acceptors (Lipinski definition) is 6. The summed E-state index contributed by atoms with van der Waals surface area (Å²) in [7, 11) is 1.68. The van der Waals surface area contributed by atoms with Crippen molar-refractivity contribution >= 4 is 22.8 Å². The van der Waals surface area contributed by atoms with Crippen LogP contribution < -0.4 is 4.74 Å². The molecule has 32 heavy (non-hydrogen) atoms. The van der Waals surface area contributed by atoms with Crippen molar-refractivity contribution in [1.82, 2.24) is 19.5 Å². The summed E-state index contributed by atoms with van der Waals surface area (Å²) in [6.07, 6.45) is 3.62. The van der Waals surface area contributed by atoms with E-state index in [4.69, 9.17) is 19.1 Å². The number of methoxy groups -OCH3 is 1. The number of oxazole rings is 1. The zero-order chi connectivity index (χ0) is 21.9. The largest absolute Gasteiger partial charge is 0.497 e. The SMILES string of the molecule is COc1ccc(CSc2nc3ccncc3n2Cc2nc(-c3ccccc3)oc2C)cc1. The van der Waals surface area contributed by atoms with Gasteiger partial charge in [-0.05, 0) is 42.8 Å². The van der Waals surface area contributed by atoms with Gasteiger partial charge in [-0.3, -0.25) is 4.98 Å². The molecule has 0 radical (unpaired) electrons.